The van der Waals surface area contributed by atoms with Crippen LogP contribution in [0.5, 0.6) is 0 Å². The summed E-state index contributed by atoms with van der Waals surface area (Å²) < 4.78 is 0. The molecule has 0 amide bonds. The van der Waals surface area contributed by atoms with Gasteiger partial charge in [-0.2, -0.15) is 0 Å². The van der Waals surface area contributed by atoms with Crippen LogP contribution in [-0.2, 0) is 9.59 Å². The highest BCUT2D eigenvalue weighted by atomic mass is 32.2. The summed E-state index contributed by atoms with van der Waals surface area (Å²) in [5, 5.41) is 0. The van der Waals surface area contributed by atoms with E-state index in [1.54, 1.807) is 0 Å². The fourth-order valence-corrected chi connectivity index (χ4v) is 3.08. The van der Waals surface area contributed by atoms with Crippen LogP contribution in [0.3, 0.4) is 0 Å². The van der Waals surface area contributed by atoms with Crippen molar-refractivity contribution >= 4 is 35.5 Å². The van der Waals surface area contributed by atoms with Gasteiger partial charge in [-0.1, -0.05) is 24.3 Å². The van der Waals surface area contributed by atoms with Gasteiger partial charge in [0.05, 0.1) is 11.5 Å². The van der Waals surface area contributed by atoms with E-state index in [4.69, 9.17) is 0 Å². The summed E-state index contributed by atoms with van der Waals surface area (Å²) in [6, 6.07) is 7.87. The third kappa shape index (κ3) is 2.06. The van der Waals surface area contributed by atoms with Crippen LogP contribution in [-0.4, -0.2) is 23.1 Å². The summed E-state index contributed by atoms with van der Waals surface area (Å²) >= 11 is 1.41. The van der Waals surface area contributed by atoms with E-state index in [2.05, 4.69) is 0 Å². The van der Waals surface area contributed by atoms with Crippen LogP contribution in [0, 0.1) is 0 Å². The lowest BCUT2D eigenvalue weighted by atomic mass is 10.00. The molecule has 3 rings (SSSR count). The predicted molar refractivity (Wildman–Crippen MR) is 74.4 cm³/mol. The number of fused-ring (bicyclic) bond motifs is 3. The highest BCUT2D eigenvalue weighted by Gasteiger charge is 2.22. The van der Waals surface area contributed by atoms with Crippen LogP contribution in [0.4, 0.5) is 0 Å². The van der Waals surface area contributed by atoms with E-state index in [0.29, 0.717) is 17.9 Å². The largest absolute Gasteiger partial charge is 0.294 e. The first-order valence-electron chi connectivity index (χ1n) is 5.88. The highest BCUT2D eigenvalue weighted by molar-refractivity contribution is 8.00. The quantitative estimate of drug-likeness (QED) is 0.715. The minimum absolute atomic E-state index is 0.148. The Morgan fingerprint density at radius 1 is 0.833 bits per heavy atom. The maximum Gasteiger partial charge on any atom is 0.169 e. The highest BCUT2D eigenvalue weighted by Crippen LogP contribution is 2.29. The van der Waals surface area contributed by atoms with Gasteiger partial charge in [0.1, 0.15) is 0 Å². The van der Waals surface area contributed by atoms with Crippen LogP contribution in [0.1, 0.15) is 17.5 Å². The minimum Gasteiger partial charge on any atom is -0.294 e. The molecule has 1 aliphatic carbocycles. The number of hydrogen-bond donors (Lipinski definition) is 0. The smallest absolute Gasteiger partial charge is 0.169 e. The van der Waals surface area contributed by atoms with Gasteiger partial charge >= 0.3 is 0 Å². The normalized spacial score (nSPS) is 19.1. The molecule has 90 valence electrons. The first kappa shape index (κ1) is 11.5. The van der Waals surface area contributed by atoms with Crippen molar-refractivity contribution in [3.8, 4) is 0 Å². The lowest BCUT2D eigenvalue weighted by Crippen LogP contribution is -2.16. The first-order valence-corrected chi connectivity index (χ1v) is 7.04. The van der Waals surface area contributed by atoms with Crippen molar-refractivity contribution in [1.29, 1.82) is 0 Å². The van der Waals surface area contributed by atoms with Crippen LogP contribution in [0.15, 0.2) is 35.4 Å². The summed E-state index contributed by atoms with van der Waals surface area (Å²) in [7, 11) is 0. The van der Waals surface area contributed by atoms with Gasteiger partial charge in [0.25, 0.3) is 0 Å². The average Bonchev–Trinajstić information content (AvgIpc) is 2.57. The lowest BCUT2D eigenvalue weighted by molar-refractivity contribution is -0.113. The number of carbonyl (C=O) groups excluding carboxylic acids is 2. The van der Waals surface area contributed by atoms with Crippen molar-refractivity contribution in [2.45, 2.75) is 6.42 Å². The van der Waals surface area contributed by atoms with Crippen LogP contribution >= 0.6 is 11.8 Å². The van der Waals surface area contributed by atoms with Gasteiger partial charge in [-0.25, -0.2) is 0 Å². The van der Waals surface area contributed by atoms with Crippen molar-refractivity contribution in [3.63, 3.8) is 0 Å². The van der Waals surface area contributed by atoms with Gasteiger partial charge < -0.3 is 0 Å². The number of rotatable bonds is 0. The molecule has 0 atom stereocenters. The number of allylic oxidation sites excluding steroid dienone is 2. The Hall–Kier alpha value is -1.61. The first-order chi connectivity index (χ1) is 8.74. The van der Waals surface area contributed by atoms with E-state index in [1.165, 1.54) is 11.8 Å². The molecule has 2 aliphatic rings. The summed E-state index contributed by atoms with van der Waals surface area (Å²) in [4.78, 5) is 24.0. The van der Waals surface area contributed by atoms with Crippen molar-refractivity contribution in [2.75, 3.05) is 11.5 Å². The Bertz CT molecular complexity index is 545. The van der Waals surface area contributed by atoms with Crippen LogP contribution in [0.25, 0.3) is 12.2 Å². The van der Waals surface area contributed by atoms with Crippen LogP contribution in [0.2, 0.25) is 0 Å². The molecule has 1 aromatic rings. The van der Waals surface area contributed by atoms with Gasteiger partial charge in [-0.3, -0.25) is 9.59 Å². The fourth-order valence-electron chi connectivity index (χ4n) is 2.24. The van der Waals surface area contributed by atoms with E-state index in [9.17, 15) is 9.59 Å². The molecular weight excluding hydrogens is 244 g/mol. The summed E-state index contributed by atoms with van der Waals surface area (Å²) in [6.45, 7) is 0. The van der Waals surface area contributed by atoms with Gasteiger partial charge in [-0.05, 0) is 23.3 Å². The number of carbonyl (C=O) groups is 2. The number of Topliss-reactive ketones (excluding diaryl/α,β-unsaturated/α-hetero) is 2. The zero-order chi connectivity index (χ0) is 12.5. The Balaban J connectivity index is 2.19. The fraction of sp³-hybridized carbons (Fsp3) is 0.200. The minimum atomic E-state index is 0.148. The van der Waals surface area contributed by atoms with Crippen molar-refractivity contribution < 1.29 is 9.59 Å². The number of ketones is 2. The Morgan fingerprint density at radius 3 is 1.83 bits per heavy atom. The zero-order valence-corrected chi connectivity index (χ0v) is 10.6. The van der Waals surface area contributed by atoms with E-state index in [-0.39, 0.29) is 11.6 Å². The van der Waals surface area contributed by atoms with E-state index in [1.807, 2.05) is 36.4 Å². The van der Waals surface area contributed by atoms with Gasteiger partial charge in [-0.15, -0.1) is 11.8 Å². The maximum absolute atomic E-state index is 12.0. The third-order valence-corrected chi connectivity index (χ3v) is 4.15. The molecule has 2 nitrogen and oxygen atoms in total. The summed E-state index contributed by atoms with van der Waals surface area (Å²) in [6.07, 6.45) is 4.34. The molecule has 1 aromatic carbocycles. The standard InChI is InChI=1S/C15H12O2S/c16-14-8-18-9-15(17)13-6-11-4-2-1-3-10(11)5-12(14)7-13/h1-6H,7-9H2. The molecule has 0 aromatic heterocycles. The summed E-state index contributed by atoms with van der Waals surface area (Å²) in [5.41, 5.74) is 3.56. The zero-order valence-electron chi connectivity index (χ0n) is 9.81. The molecule has 1 aliphatic heterocycles. The lowest BCUT2D eigenvalue weighted by Gasteiger charge is -2.11. The maximum atomic E-state index is 12.0. The Kier molecular flexibility index (Phi) is 2.92. The average molecular weight is 256 g/mol. The third-order valence-electron chi connectivity index (χ3n) is 3.22. The molecule has 1 fully saturated rings. The topological polar surface area (TPSA) is 34.1 Å². The molecule has 18 heavy (non-hydrogen) atoms. The van der Waals surface area contributed by atoms with Crippen molar-refractivity contribution in [1.82, 2.24) is 0 Å². The molecule has 0 N–H and O–H groups in total. The Labute approximate surface area is 110 Å². The van der Waals surface area contributed by atoms with Gasteiger partial charge in [0, 0.05) is 17.6 Å². The monoisotopic (exact) mass is 256 g/mol. The molecule has 0 saturated carbocycles. The molecule has 0 unspecified atom stereocenters. The van der Waals surface area contributed by atoms with Crippen LogP contribution < -0.4 is 0 Å². The molecule has 3 heteroatoms. The Morgan fingerprint density at radius 2 is 1.33 bits per heavy atom. The van der Waals surface area contributed by atoms with Crippen molar-refractivity contribution in [3.05, 3.63) is 46.5 Å². The predicted octanol–water partition coefficient (Wildman–Crippen LogP) is 2.74. The number of benzene rings is 1. The SMILES string of the molecule is O=C1CSCC(=O)C2=Cc3ccccc3C=C1C2. The van der Waals surface area contributed by atoms with Crippen molar-refractivity contribution in [2.24, 2.45) is 0 Å². The van der Waals surface area contributed by atoms with Gasteiger partial charge in [0.2, 0.25) is 0 Å². The number of hydrogen-bond acceptors (Lipinski definition) is 3. The number of thioether (sulfide) groups is 1. The van der Waals surface area contributed by atoms with E-state index in [0.717, 1.165) is 22.3 Å². The second kappa shape index (κ2) is 4.58. The van der Waals surface area contributed by atoms with E-state index < -0.39 is 0 Å². The summed E-state index contributed by atoms with van der Waals surface area (Å²) in [5.74, 6) is 1.12. The molecule has 2 bridgehead atoms. The van der Waals surface area contributed by atoms with E-state index >= 15 is 0 Å². The molecule has 0 spiro atoms. The second-order valence-corrected chi connectivity index (χ2v) is 5.47. The molecule has 1 heterocycles. The second-order valence-electron chi connectivity index (χ2n) is 4.48. The molecular formula is C15H12O2S. The molecule has 0 radical (unpaired) electrons. The molecule has 1 saturated heterocycles. The van der Waals surface area contributed by atoms with Gasteiger partial charge in [0.15, 0.2) is 11.6 Å².